The molecule has 2 nitrogen and oxygen atoms in total. The summed E-state index contributed by atoms with van der Waals surface area (Å²) in [5, 5.41) is 19.7. The fourth-order valence-electron chi connectivity index (χ4n) is 4.09. The van der Waals surface area contributed by atoms with E-state index < -0.39 is 5.60 Å². The molecule has 2 fully saturated rings. The van der Waals surface area contributed by atoms with Gasteiger partial charge in [0.2, 0.25) is 0 Å². The summed E-state index contributed by atoms with van der Waals surface area (Å²) in [4.78, 5) is 0. The van der Waals surface area contributed by atoms with Gasteiger partial charge < -0.3 is 10.2 Å². The average molecular weight is 238 g/mol. The molecule has 0 unspecified atom stereocenters. The van der Waals surface area contributed by atoms with Gasteiger partial charge in [0.15, 0.2) is 0 Å². The van der Waals surface area contributed by atoms with Crippen molar-refractivity contribution in [3.63, 3.8) is 0 Å². The minimum atomic E-state index is -0.489. The van der Waals surface area contributed by atoms with Crippen LogP contribution in [0.15, 0.2) is 11.6 Å². The summed E-state index contributed by atoms with van der Waals surface area (Å²) in [7, 11) is 0. The van der Waals surface area contributed by atoms with E-state index in [1.54, 1.807) is 0 Å². The van der Waals surface area contributed by atoms with E-state index in [0.717, 1.165) is 18.4 Å². The van der Waals surface area contributed by atoms with Gasteiger partial charge in [-0.25, -0.2) is 0 Å². The van der Waals surface area contributed by atoms with Gasteiger partial charge in [-0.1, -0.05) is 18.6 Å². The summed E-state index contributed by atoms with van der Waals surface area (Å²) in [5.41, 5.74) is 0.621. The lowest BCUT2D eigenvalue weighted by Gasteiger charge is -2.46. The zero-order valence-corrected chi connectivity index (χ0v) is 11.4. The Balaban J connectivity index is 2.04. The van der Waals surface area contributed by atoms with Crippen LogP contribution in [0, 0.1) is 17.3 Å². The van der Waals surface area contributed by atoms with E-state index >= 15 is 0 Å². The second-order valence-corrected chi connectivity index (χ2v) is 6.52. The molecular formula is C15H26O2. The molecule has 0 radical (unpaired) electrons. The molecule has 2 aliphatic rings. The summed E-state index contributed by atoms with van der Waals surface area (Å²) < 4.78 is 0. The molecule has 0 amide bonds. The van der Waals surface area contributed by atoms with Gasteiger partial charge in [0, 0.05) is 0 Å². The molecule has 0 spiro atoms. The molecule has 2 bridgehead atoms. The number of aliphatic hydroxyl groups is 2. The van der Waals surface area contributed by atoms with Crippen molar-refractivity contribution < 1.29 is 10.2 Å². The SMILES string of the molecule is C/C(=C/CC[C@@]1(C)[C@H]2CC[C@H](C2)[C@@]1(C)O)CO. The van der Waals surface area contributed by atoms with Crippen LogP contribution in [0.1, 0.15) is 52.9 Å². The topological polar surface area (TPSA) is 40.5 Å². The van der Waals surface area contributed by atoms with Gasteiger partial charge in [0.1, 0.15) is 0 Å². The van der Waals surface area contributed by atoms with Crippen LogP contribution in [0.2, 0.25) is 0 Å². The van der Waals surface area contributed by atoms with Gasteiger partial charge in [-0.15, -0.1) is 0 Å². The predicted octanol–water partition coefficient (Wildman–Crippen LogP) is 2.89. The Hall–Kier alpha value is -0.340. The second kappa shape index (κ2) is 4.40. The smallest absolute Gasteiger partial charge is 0.0703 e. The molecule has 0 saturated heterocycles. The number of allylic oxidation sites excluding steroid dienone is 1. The first-order chi connectivity index (χ1) is 7.91. The van der Waals surface area contributed by atoms with Crippen LogP contribution in [-0.2, 0) is 0 Å². The number of aliphatic hydroxyl groups excluding tert-OH is 1. The maximum Gasteiger partial charge on any atom is 0.0703 e. The molecule has 17 heavy (non-hydrogen) atoms. The van der Waals surface area contributed by atoms with E-state index in [-0.39, 0.29) is 12.0 Å². The first-order valence-electron chi connectivity index (χ1n) is 6.90. The van der Waals surface area contributed by atoms with Crippen molar-refractivity contribution in [3.8, 4) is 0 Å². The van der Waals surface area contributed by atoms with E-state index in [9.17, 15) is 5.11 Å². The Morgan fingerprint density at radius 2 is 1.94 bits per heavy atom. The third-order valence-electron chi connectivity index (χ3n) is 5.69. The zero-order chi connectivity index (χ0) is 12.7. The van der Waals surface area contributed by atoms with Crippen molar-refractivity contribution in [1.29, 1.82) is 0 Å². The summed E-state index contributed by atoms with van der Waals surface area (Å²) in [6.45, 7) is 6.42. The molecule has 2 N–H and O–H groups in total. The Morgan fingerprint density at radius 3 is 2.47 bits per heavy atom. The van der Waals surface area contributed by atoms with Crippen molar-refractivity contribution in [2.45, 2.75) is 58.5 Å². The Kier molecular flexibility index (Phi) is 3.39. The summed E-state index contributed by atoms with van der Waals surface area (Å²) in [6.07, 6.45) is 7.85. The molecule has 98 valence electrons. The van der Waals surface area contributed by atoms with E-state index in [1.807, 2.05) is 13.8 Å². The molecule has 2 saturated carbocycles. The summed E-state index contributed by atoms with van der Waals surface area (Å²) in [6, 6.07) is 0. The Morgan fingerprint density at radius 1 is 1.29 bits per heavy atom. The first kappa shape index (κ1) is 13.1. The Bertz CT molecular complexity index is 319. The van der Waals surface area contributed by atoms with E-state index in [0.29, 0.717) is 11.8 Å². The highest BCUT2D eigenvalue weighted by Gasteiger charge is 2.61. The third kappa shape index (κ3) is 1.96. The van der Waals surface area contributed by atoms with Crippen LogP contribution < -0.4 is 0 Å². The summed E-state index contributed by atoms with van der Waals surface area (Å²) in [5.74, 6) is 1.21. The van der Waals surface area contributed by atoms with Crippen molar-refractivity contribution in [2.75, 3.05) is 6.61 Å². The Labute approximate surface area is 105 Å². The molecule has 2 rings (SSSR count). The normalized spacial score (nSPS) is 45.6. The molecule has 4 atom stereocenters. The van der Waals surface area contributed by atoms with Gasteiger partial charge in [0.25, 0.3) is 0 Å². The molecule has 2 heteroatoms. The molecule has 0 heterocycles. The van der Waals surface area contributed by atoms with Crippen LogP contribution in [-0.4, -0.2) is 22.4 Å². The van der Waals surface area contributed by atoms with Crippen LogP contribution in [0.5, 0.6) is 0 Å². The number of fused-ring (bicyclic) bond motifs is 2. The molecule has 2 aliphatic carbocycles. The molecule has 0 aromatic rings. The predicted molar refractivity (Wildman–Crippen MR) is 69.6 cm³/mol. The van der Waals surface area contributed by atoms with Crippen molar-refractivity contribution >= 4 is 0 Å². The van der Waals surface area contributed by atoms with E-state index in [1.165, 1.54) is 19.3 Å². The van der Waals surface area contributed by atoms with E-state index in [4.69, 9.17) is 5.11 Å². The number of hydrogen-bond donors (Lipinski definition) is 2. The lowest BCUT2D eigenvalue weighted by atomic mass is 9.63. The largest absolute Gasteiger partial charge is 0.392 e. The highest BCUT2D eigenvalue weighted by atomic mass is 16.3. The number of rotatable bonds is 4. The average Bonchev–Trinajstić information content (AvgIpc) is 2.82. The van der Waals surface area contributed by atoms with Gasteiger partial charge in [-0.2, -0.15) is 0 Å². The molecule has 0 aromatic carbocycles. The summed E-state index contributed by atoms with van der Waals surface area (Å²) >= 11 is 0. The standard InChI is InChI=1S/C15H26O2/c1-11(10-16)5-4-8-14(2)12-6-7-13(9-12)15(14,3)17/h5,12-13,16-17H,4,6-10H2,1-3H3/b11-5-/t12-,13+,14-,15+/m0/s1. The maximum atomic E-state index is 10.8. The van der Waals surface area contributed by atoms with Crippen molar-refractivity contribution in [3.05, 3.63) is 11.6 Å². The highest BCUT2D eigenvalue weighted by Crippen LogP contribution is 2.63. The van der Waals surface area contributed by atoms with Gasteiger partial charge in [-0.3, -0.25) is 0 Å². The minimum Gasteiger partial charge on any atom is -0.392 e. The van der Waals surface area contributed by atoms with Crippen molar-refractivity contribution in [1.82, 2.24) is 0 Å². The fraction of sp³-hybridized carbons (Fsp3) is 0.867. The van der Waals surface area contributed by atoms with Crippen LogP contribution in [0.4, 0.5) is 0 Å². The quantitative estimate of drug-likeness (QED) is 0.739. The number of hydrogen-bond acceptors (Lipinski definition) is 2. The van der Waals surface area contributed by atoms with Crippen LogP contribution in [0.3, 0.4) is 0 Å². The fourth-order valence-corrected chi connectivity index (χ4v) is 4.09. The zero-order valence-electron chi connectivity index (χ0n) is 11.4. The van der Waals surface area contributed by atoms with Crippen LogP contribution >= 0.6 is 0 Å². The lowest BCUT2D eigenvalue weighted by molar-refractivity contribution is -0.104. The van der Waals surface area contributed by atoms with E-state index in [2.05, 4.69) is 13.0 Å². The maximum absolute atomic E-state index is 10.8. The van der Waals surface area contributed by atoms with Gasteiger partial charge in [-0.05, 0) is 63.2 Å². The molecule has 0 aliphatic heterocycles. The van der Waals surface area contributed by atoms with Gasteiger partial charge >= 0.3 is 0 Å². The monoisotopic (exact) mass is 238 g/mol. The first-order valence-corrected chi connectivity index (χ1v) is 6.90. The lowest BCUT2D eigenvalue weighted by Crippen LogP contribution is -2.48. The highest BCUT2D eigenvalue weighted by molar-refractivity contribution is 5.12. The minimum absolute atomic E-state index is 0.0716. The van der Waals surface area contributed by atoms with Crippen LogP contribution in [0.25, 0.3) is 0 Å². The molecular weight excluding hydrogens is 212 g/mol. The third-order valence-corrected chi connectivity index (χ3v) is 5.69. The van der Waals surface area contributed by atoms with Crippen molar-refractivity contribution in [2.24, 2.45) is 17.3 Å². The van der Waals surface area contributed by atoms with Gasteiger partial charge in [0.05, 0.1) is 12.2 Å². The second-order valence-electron chi connectivity index (χ2n) is 6.52. The molecule has 0 aromatic heterocycles.